The molecular weight excluding hydrogens is 410 g/mol. The third kappa shape index (κ3) is 9.32. The second kappa shape index (κ2) is 14.7. The van der Waals surface area contributed by atoms with Crippen LogP contribution in [0.15, 0.2) is 12.4 Å². The predicted octanol–water partition coefficient (Wildman–Crippen LogP) is 5.19. The molecule has 0 radical (unpaired) electrons. The Morgan fingerprint density at radius 2 is 1.88 bits per heavy atom. The van der Waals surface area contributed by atoms with Gasteiger partial charge in [-0.05, 0) is 97.8 Å². The van der Waals surface area contributed by atoms with E-state index in [1.54, 1.807) is 6.92 Å². The molecule has 0 bridgehead atoms. The van der Waals surface area contributed by atoms with Crippen LogP contribution in [-0.4, -0.2) is 65.5 Å². The van der Waals surface area contributed by atoms with Crippen molar-refractivity contribution in [1.82, 2.24) is 20.2 Å². The molecule has 0 saturated carbocycles. The SMILES string of the molecule is CCCC(CCNCCCCCC(C)=O)c1cnc(N2C(C)CCC2CN(C)C(C)C)nc1. The van der Waals surface area contributed by atoms with Crippen molar-refractivity contribution >= 4 is 11.7 Å². The lowest BCUT2D eigenvalue weighted by molar-refractivity contribution is -0.117. The number of carbonyl (C=O) groups is 1. The van der Waals surface area contributed by atoms with E-state index in [2.05, 4.69) is 62.3 Å². The van der Waals surface area contributed by atoms with E-state index in [9.17, 15) is 4.79 Å². The number of likely N-dealkylation sites (N-methyl/N-ethyl adjacent to an activating group) is 1. The quantitative estimate of drug-likeness (QED) is 0.343. The van der Waals surface area contributed by atoms with Gasteiger partial charge >= 0.3 is 0 Å². The molecule has 188 valence electrons. The third-order valence-electron chi connectivity index (χ3n) is 7.22. The number of rotatable bonds is 16. The molecule has 1 N–H and O–H groups in total. The lowest BCUT2D eigenvalue weighted by atomic mass is 9.93. The number of carbonyl (C=O) groups excluding carboxylic acids is 1. The Balaban J connectivity index is 1.87. The molecule has 1 aromatic heterocycles. The van der Waals surface area contributed by atoms with Crippen LogP contribution in [0.25, 0.3) is 0 Å². The maximum Gasteiger partial charge on any atom is 0.225 e. The highest BCUT2D eigenvalue weighted by Crippen LogP contribution is 2.30. The van der Waals surface area contributed by atoms with Gasteiger partial charge in [-0.15, -0.1) is 0 Å². The molecule has 3 atom stereocenters. The molecule has 33 heavy (non-hydrogen) atoms. The van der Waals surface area contributed by atoms with Gasteiger partial charge in [0, 0.05) is 43.5 Å². The Bertz CT molecular complexity index is 678. The van der Waals surface area contributed by atoms with Crippen LogP contribution in [-0.2, 0) is 4.79 Å². The van der Waals surface area contributed by atoms with Gasteiger partial charge in [0.15, 0.2) is 0 Å². The van der Waals surface area contributed by atoms with Gasteiger partial charge in [0.2, 0.25) is 5.95 Å². The summed E-state index contributed by atoms with van der Waals surface area (Å²) in [5.74, 6) is 1.70. The summed E-state index contributed by atoms with van der Waals surface area (Å²) in [6.07, 6.45) is 14.1. The number of ketones is 1. The largest absolute Gasteiger partial charge is 0.334 e. The topological polar surface area (TPSA) is 61.4 Å². The standard InChI is InChI=1S/C27H49N5O/c1-7-11-24(15-17-28-16-10-8-9-12-23(5)33)25-18-29-27(30-19-25)32-22(4)13-14-26(32)20-31(6)21(2)3/h18-19,21-22,24,26,28H,7-17,20H2,1-6H3. The van der Waals surface area contributed by atoms with E-state index in [4.69, 9.17) is 9.97 Å². The van der Waals surface area contributed by atoms with Crippen molar-refractivity contribution in [2.75, 3.05) is 31.6 Å². The van der Waals surface area contributed by atoms with Crippen LogP contribution >= 0.6 is 0 Å². The summed E-state index contributed by atoms with van der Waals surface area (Å²) in [7, 11) is 2.21. The van der Waals surface area contributed by atoms with Gasteiger partial charge in [-0.3, -0.25) is 0 Å². The molecule has 6 heteroatoms. The molecule has 0 amide bonds. The summed E-state index contributed by atoms with van der Waals surface area (Å²) in [5, 5.41) is 3.59. The van der Waals surface area contributed by atoms with Gasteiger partial charge < -0.3 is 19.9 Å². The van der Waals surface area contributed by atoms with Gasteiger partial charge in [0.05, 0.1) is 0 Å². The first-order chi connectivity index (χ1) is 15.8. The molecule has 1 fully saturated rings. The number of aromatic nitrogens is 2. The normalized spacial score (nSPS) is 19.6. The second-order valence-corrected chi connectivity index (χ2v) is 10.4. The lowest BCUT2D eigenvalue weighted by Gasteiger charge is -2.33. The Labute approximate surface area is 202 Å². The molecule has 1 aromatic rings. The minimum absolute atomic E-state index is 0.302. The number of anilines is 1. The monoisotopic (exact) mass is 459 g/mol. The fraction of sp³-hybridized carbons (Fsp3) is 0.815. The summed E-state index contributed by atoms with van der Waals surface area (Å²) < 4.78 is 0. The van der Waals surface area contributed by atoms with E-state index in [0.717, 1.165) is 57.7 Å². The van der Waals surface area contributed by atoms with Crippen LogP contribution in [0.1, 0.15) is 104 Å². The van der Waals surface area contributed by atoms with E-state index in [-0.39, 0.29) is 0 Å². The summed E-state index contributed by atoms with van der Waals surface area (Å²) in [5.41, 5.74) is 1.27. The van der Waals surface area contributed by atoms with Crippen LogP contribution in [0, 0.1) is 0 Å². The molecule has 6 nitrogen and oxygen atoms in total. The maximum atomic E-state index is 11.0. The zero-order valence-corrected chi connectivity index (χ0v) is 22.1. The minimum atomic E-state index is 0.302. The molecule has 2 heterocycles. The lowest BCUT2D eigenvalue weighted by Crippen LogP contribution is -2.44. The van der Waals surface area contributed by atoms with Crippen LogP contribution < -0.4 is 10.2 Å². The van der Waals surface area contributed by atoms with Gasteiger partial charge in [-0.2, -0.15) is 0 Å². The minimum Gasteiger partial charge on any atom is -0.334 e. The van der Waals surface area contributed by atoms with Crippen molar-refractivity contribution in [3.8, 4) is 0 Å². The fourth-order valence-corrected chi connectivity index (χ4v) is 4.86. The summed E-state index contributed by atoms with van der Waals surface area (Å²) in [4.78, 5) is 25.6. The van der Waals surface area contributed by atoms with Crippen LogP contribution in [0.5, 0.6) is 0 Å². The zero-order chi connectivity index (χ0) is 24.2. The fourth-order valence-electron chi connectivity index (χ4n) is 4.86. The number of unbranched alkanes of at least 4 members (excludes halogenated alkanes) is 2. The third-order valence-corrected chi connectivity index (χ3v) is 7.22. The Morgan fingerprint density at radius 1 is 1.15 bits per heavy atom. The molecule has 2 rings (SSSR count). The predicted molar refractivity (Wildman–Crippen MR) is 139 cm³/mol. The molecule has 1 aliphatic rings. The van der Waals surface area contributed by atoms with Gasteiger partial charge in [0.25, 0.3) is 0 Å². The van der Waals surface area contributed by atoms with Crippen molar-refractivity contribution in [2.24, 2.45) is 0 Å². The van der Waals surface area contributed by atoms with Crippen LogP contribution in [0.4, 0.5) is 5.95 Å². The molecule has 1 aliphatic heterocycles. The van der Waals surface area contributed by atoms with E-state index < -0.39 is 0 Å². The van der Waals surface area contributed by atoms with E-state index >= 15 is 0 Å². The molecule has 1 saturated heterocycles. The van der Waals surface area contributed by atoms with Crippen molar-refractivity contribution in [1.29, 1.82) is 0 Å². The van der Waals surface area contributed by atoms with E-state index in [1.807, 2.05) is 0 Å². The number of hydrogen-bond donors (Lipinski definition) is 1. The highest BCUT2D eigenvalue weighted by molar-refractivity contribution is 5.75. The highest BCUT2D eigenvalue weighted by atomic mass is 16.1. The number of Topliss-reactive ketones (excluding diaryl/α,β-unsaturated/α-hetero) is 1. The smallest absolute Gasteiger partial charge is 0.225 e. The van der Waals surface area contributed by atoms with Crippen LogP contribution in [0.3, 0.4) is 0 Å². The average molecular weight is 460 g/mol. The highest BCUT2D eigenvalue weighted by Gasteiger charge is 2.33. The number of nitrogens with zero attached hydrogens (tertiary/aromatic N) is 4. The first-order valence-electron chi connectivity index (χ1n) is 13.3. The summed E-state index contributed by atoms with van der Waals surface area (Å²) >= 11 is 0. The maximum absolute atomic E-state index is 11.0. The van der Waals surface area contributed by atoms with Crippen molar-refractivity contribution in [2.45, 2.75) is 116 Å². The van der Waals surface area contributed by atoms with Crippen molar-refractivity contribution < 1.29 is 4.79 Å². The van der Waals surface area contributed by atoms with Gasteiger partial charge in [-0.1, -0.05) is 19.8 Å². The van der Waals surface area contributed by atoms with Crippen LogP contribution in [0.2, 0.25) is 0 Å². The van der Waals surface area contributed by atoms with Crippen molar-refractivity contribution in [3.05, 3.63) is 18.0 Å². The molecule has 0 aromatic carbocycles. The first kappa shape index (κ1) is 27.7. The summed E-state index contributed by atoms with van der Waals surface area (Å²) in [6.45, 7) is 13.9. The first-order valence-corrected chi connectivity index (χ1v) is 13.3. The second-order valence-electron chi connectivity index (χ2n) is 10.4. The zero-order valence-electron chi connectivity index (χ0n) is 22.1. The Kier molecular flexibility index (Phi) is 12.3. The van der Waals surface area contributed by atoms with E-state index in [0.29, 0.717) is 29.8 Å². The van der Waals surface area contributed by atoms with Gasteiger partial charge in [0.1, 0.15) is 5.78 Å². The van der Waals surface area contributed by atoms with Crippen molar-refractivity contribution in [3.63, 3.8) is 0 Å². The number of nitrogens with one attached hydrogen (secondary N) is 1. The molecular formula is C27H49N5O. The molecule has 0 spiro atoms. The average Bonchev–Trinajstić information content (AvgIpc) is 3.14. The van der Waals surface area contributed by atoms with E-state index in [1.165, 1.54) is 31.2 Å². The molecule has 3 unspecified atom stereocenters. The Morgan fingerprint density at radius 3 is 2.52 bits per heavy atom. The summed E-state index contributed by atoms with van der Waals surface area (Å²) in [6, 6.07) is 1.53. The molecule has 0 aliphatic carbocycles. The van der Waals surface area contributed by atoms with Gasteiger partial charge in [-0.25, -0.2) is 9.97 Å². The number of hydrogen-bond acceptors (Lipinski definition) is 6. The Hall–Kier alpha value is -1.53.